The molecule has 1 nitrogen and oxygen atoms in total. The topological polar surface area (TPSA) is 4.93 Å². The van der Waals surface area contributed by atoms with E-state index in [1.54, 1.807) is 0 Å². The standard InChI is InChI=1S/C14H25N/c1-5-7-13(8-6-2)14-9-10-15(11-14)12(3)4/h9-13H,5-8H2,1-4H3. The molecule has 1 rings (SSSR count). The fourth-order valence-corrected chi connectivity index (χ4v) is 2.17. The van der Waals surface area contributed by atoms with Crippen LogP contribution < -0.4 is 0 Å². The summed E-state index contributed by atoms with van der Waals surface area (Å²) in [5.41, 5.74) is 1.53. The SMILES string of the molecule is CCCC(CCC)c1ccn(C(C)C)c1. The summed E-state index contributed by atoms with van der Waals surface area (Å²) in [7, 11) is 0. The second kappa shape index (κ2) is 5.99. The Labute approximate surface area is 94.5 Å². The van der Waals surface area contributed by atoms with E-state index in [9.17, 15) is 0 Å². The van der Waals surface area contributed by atoms with E-state index in [4.69, 9.17) is 0 Å². The third-order valence-corrected chi connectivity index (χ3v) is 3.08. The lowest BCUT2D eigenvalue weighted by molar-refractivity contribution is 0.553. The van der Waals surface area contributed by atoms with Crippen molar-refractivity contribution in [2.75, 3.05) is 0 Å². The normalized spacial score (nSPS) is 11.6. The second-order valence-electron chi connectivity index (χ2n) is 4.76. The zero-order valence-electron chi connectivity index (χ0n) is 10.7. The molecule has 0 aromatic carbocycles. The average molecular weight is 207 g/mol. The van der Waals surface area contributed by atoms with Gasteiger partial charge in [0.15, 0.2) is 0 Å². The summed E-state index contributed by atoms with van der Waals surface area (Å²) >= 11 is 0. The Morgan fingerprint density at radius 3 is 2.13 bits per heavy atom. The molecule has 1 heteroatoms. The van der Waals surface area contributed by atoms with E-state index in [0.717, 1.165) is 5.92 Å². The summed E-state index contributed by atoms with van der Waals surface area (Å²) in [5.74, 6) is 0.778. The number of rotatable bonds is 6. The smallest absolute Gasteiger partial charge is 0.0274 e. The first kappa shape index (κ1) is 12.4. The van der Waals surface area contributed by atoms with Crippen LogP contribution in [0.1, 0.15) is 70.9 Å². The summed E-state index contributed by atoms with van der Waals surface area (Å²) in [5, 5.41) is 0. The van der Waals surface area contributed by atoms with Gasteiger partial charge in [0.25, 0.3) is 0 Å². The van der Waals surface area contributed by atoms with Gasteiger partial charge in [0.05, 0.1) is 0 Å². The van der Waals surface area contributed by atoms with Gasteiger partial charge < -0.3 is 4.57 Å². The molecule has 0 aliphatic heterocycles. The lowest BCUT2D eigenvalue weighted by Gasteiger charge is -2.14. The molecule has 0 saturated heterocycles. The van der Waals surface area contributed by atoms with E-state index >= 15 is 0 Å². The number of hydrogen-bond donors (Lipinski definition) is 0. The highest BCUT2D eigenvalue weighted by atomic mass is 15.0. The molecule has 0 radical (unpaired) electrons. The van der Waals surface area contributed by atoms with Gasteiger partial charge in [0.1, 0.15) is 0 Å². The molecule has 0 saturated carbocycles. The second-order valence-corrected chi connectivity index (χ2v) is 4.76. The van der Waals surface area contributed by atoms with Crippen LogP contribution in [0.4, 0.5) is 0 Å². The van der Waals surface area contributed by atoms with Gasteiger partial charge in [-0.2, -0.15) is 0 Å². The van der Waals surface area contributed by atoms with E-state index in [2.05, 4.69) is 50.7 Å². The van der Waals surface area contributed by atoms with Crippen LogP contribution in [0, 0.1) is 0 Å². The van der Waals surface area contributed by atoms with Crippen LogP contribution in [-0.2, 0) is 0 Å². The quantitative estimate of drug-likeness (QED) is 0.634. The van der Waals surface area contributed by atoms with Gasteiger partial charge in [-0.25, -0.2) is 0 Å². The monoisotopic (exact) mass is 207 g/mol. The molecule has 0 amide bonds. The fourth-order valence-electron chi connectivity index (χ4n) is 2.17. The molecule has 0 fully saturated rings. The maximum absolute atomic E-state index is 2.33. The molecular weight excluding hydrogens is 182 g/mol. The number of nitrogens with zero attached hydrogens (tertiary/aromatic N) is 1. The Kier molecular flexibility index (Phi) is 4.93. The first-order valence-electron chi connectivity index (χ1n) is 6.36. The Morgan fingerprint density at radius 2 is 1.73 bits per heavy atom. The van der Waals surface area contributed by atoms with Crippen molar-refractivity contribution in [2.24, 2.45) is 0 Å². The third kappa shape index (κ3) is 3.40. The van der Waals surface area contributed by atoms with Gasteiger partial charge >= 0.3 is 0 Å². The van der Waals surface area contributed by atoms with Crippen LogP contribution in [0.3, 0.4) is 0 Å². The van der Waals surface area contributed by atoms with Crippen LogP contribution in [-0.4, -0.2) is 4.57 Å². The maximum atomic E-state index is 2.33. The minimum absolute atomic E-state index is 0.586. The molecule has 1 aromatic rings. The van der Waals surface area contributed by atoms with Gasteiger partial charge in [-0.05, 0) is 44.2 Å². The van der Waals surface area contributed by atoms with Gasteiger partial charge in [0.2, 0.25) is 0 Å². The third-order valence-electron chi connectivity index (χ3n) is 3.08. The fraction of sp³-hybridized carbons (Fsp3) is 0.714. The minimum atomic E-state index is 0.586. The molecule has 0 atom stereocenters. The summed E-state index contributed by atoms with van der Waals surface area (Å²) in [6, 6.07) is 2.89. The van der Waals surface area contributed by atoms with Crippen molar-refractivity contribution in [2.45, 2.75) is 65.3 Å². The van der Waals surface area contributed by atoms with Crippen LogP contribution in [0.5, 0.6) is 0 Å². The van der Waals surface area contributed by atoms with E-state index in [1.165, 1.54) is 31.2 Å². The Balaban J connectivity index is 2.72. The molecule has 0 aliphatic carbocycles. The molecule has 86 valence electrons. The highest BCUT2D eigenvalue weighted by Gasteiger charge is 2.11. The van der Waals surface area contributed by atoms with Crippen LogP contribution >= 0.6 is 0 Å². The van der Waals surface area contributed by atoms with Crippen molar-refractivity contribution >= 4 is 0 Å². The zero-order valence-corrected chi connectivity index (χ0v) is 10.7. The van der Waals surface area contributed by atoms with E-state index < -0.39 is 0 Å². The predicted molar refractivity (Wildman–Crippen MR) is 67.4 cm³/mol. The Morgan fingerprint density at radius 1 is 1.13 bits per heavy atom. The van der Waals surface area contributed by atoms with E-state index in [1.807, 2.05) is 0 Å². The highest BCUT2D eigenvalue weighted by molar-refractivity contribution is 5.16. The van der Waals surface area contributed by atoms with Crippen LogP contribution in [0.15, 0.2) is 18.5 Å². The predicted octanol–water partition coefficient (Wildman–Crippen LogP) is 4.75. The first-order valence-corrected chi connectivity index (χ1v) is 6.36. The van der Waals surface area contributed by atoms with Crippen molar-refractivity contribution in [3.8, 4) is 0 Å². The van der Waals surface area contributed by atoms with E-state index in [0.29, 0.717) is 6.04 Å². The highest BCUT2D eigenvalue weighted by Crippen LogP contribution is 2.27. The molecule has 0 N–H and O–H groups in total. The molecule has 1 aromatic heterocycles. The summed E-state index contributed by atoms with van der Waals surface area (Å²) < 4.78 is 2.31. The van der Waals surface area contributed by atoms with Crippen LogP contribution in [0.2, 0.25) is 0 Å². The van der Waals surface area contributed by atoms with Gasteiger partial charge in [-0.1, -0.05) is 26.7 Å². The first-order chi connectivity index (χ1) is 7.19. The number of aromatic nitrogens is 1. The zero-order chi connectivity index (χ0) is 11.3. The molecular formula is C14H25N. The van der Waals surface area contributed by atoms with Gasteiger partial charge in [-0.15, -0.1) is 0 Å². The Hall–Kier alpha value is -0.720. The molecule has 1 heterocycles. The lowest BCUT2D eigenvalue weighted by atomic mass is 9.92. The summed E-state index contributed by atoms with van der Waals surface area (Å²) in [6.45, 7) is 9.03. The Bertz CT molecular complexity index is 267. The minimum Gasteiger partial charge on any atom is -0.352 e. The van der Waals surface area contributed by atoms with Crippen molar-refractivity contribution in [1.82, 2.24) is 4.57 Å². The van der Waals surface area contributed by atoms with Crippen molar-refractivity contribution in [3.05, 3.63) is 24.0 Å². The van der Waals surface area contributed by atoms with Gasteiger partial charge in [-0.3, -0.25) is 0 Å². The maximum Gasteiger partial charge on any atom is 0.0274 e. The number of hydrogen-bond acceptors (Lipinski definition) is 0. The van der Waals surface area contributed by atoms with E-state index in [-0.39, 0.29) is 0 Å². The lowest BCUT2D eigenvalue weighted by Crippen LogP contribution is -1.99. The molecule has 0 spiro atoms. The molecule has 15 heavy (non-hydrogen) atoms. The van der Waals surface area contributed by atoms with Crippen molar-refractivity contribution in [3.63, 3.8) is 0 Å². The molecule has 0 bridgehead atoms. The van der Waals surface area contributed by atoms with Crippen molar-refractivity contribution in [1.29, 1.82) is 0 Å². The molecule has 0 aliphatic rings. The summed E-state index contributed by atoms with van der Waals surface area (Å²) in [6.07, 6.45) is 9.79. The average Bonchev–Trinajstić information content (AvgIpc) is 2.66. The molecule has 0 unspecified atom stereocenters. The largest absolute Gasteiger partial charge is 0.352 e. The van der Waals surface area contributed by atoms with Gasteiger partial charge in [0, 0.05) is 18.4 Å². The van der Waals surface area contributed by atoms with Crippen LogP contribution in [0.25, 0.3) is 0 Å². The summed E-state index contributed by atoms with van der Waals surface area (Å²) in [4.78, 5) is 0. The van der Waals surface area contributed by atoms with Crippen molar-refractivity contribution < 1.29 is 0 Å².